The second-order valence-corrected chi connectivity index (χ2v) is 5.82. The molecule has 1 N–H and O–H groups in total. The molecule has 1 aliphatic carbocycles. The van der Waals surface area contributed by atoms with Crippen molar-refractivity contribution in [1.82, 2.24) is 10.1 Å². The van der Waals surface area contributed by atoms with Crippen LogP contribution in [0, 0.1) is 5.92 Å². The number of nitrogens with zero attached hydrogens (tertiary/aromatic N) is 3. The Bertz CT molecular complexity index is 468. The molecule has 2 fully saturated rings. The van der Waals surface area contributed by atoms with E-state index in [1.165, 1.54) is 6.42 Å². The van der Waals surface area contributed by atoms with Gasteiger partial charge in [0.1, 0.15) is 0 Å². The number of hydrogen-bond acceptors (Lipinski definition) is 5. The fraction of sp³-hybridized carbons (Fsp3) is 0.786. The van der Waals surface area contributed by atoms with Crippen molar-refractivity contribution in [2.75, 3.05) is 18.0 Å². The summed E-state index contributed by atoms with van der Waals surface area (Å²) in [5.41, 5.74) is 0. The van der Waals surface area contributed by atoms with Crippen LogP contribution in [0.3, 0.4) is 0 Å². The van der Waals surface area contributed by atoms with Crippen LogP contribution >= 0.6 is 0 Å². The average molecular weight is 279 g/mol. The van der Waals surface area contributed by atoms with Crippen molar-refractivity contribution < 1.29 is 14.4 Å². The first-order valence-electron chi connectivity index (χ1n) is 7.57. The molecule has 0 amide bonds. The smallest absolute Gasteiger partial charge is 0.307 e. The fourth-order valence-corrected chi connectivity index (χ4v) is 3.32. The van der Waals surface area contributed by atoms with Gasteiger partial charge in [-0.15, -0.1) is 0 Å². The van der Waals surface area contributed by atoms with Gasteiger partial charge in [0.25, 0.3) is 5.95 Å². The molecule has 20 heavy (non-hydrogen) atoms. The summed E-state index contributed by atoms with van der Waals surface area (Å²) in [4.78, 5) is 18.0. The summed E-state index contributed by atoms with van der Waals surface area (Å²) in [5.74, 6) is -0.0924. The van der Waals surface area contributed by atoms with Crippen LogP contribution in [0.25, 0.3) is 0 Å². The highest BCUT2D eigenvalue weighted by molar-refractivity contribution is 5.71. The Balaban J connectivity index is 1.76. The van der Waals surface area contributed by atoms with E-state index in [9.17, 15) is 9.90 Å². The molecule has 0 aromatic carbocycles. The molecule has 1 aromatic rings. The molecule has 1 saturated carbocycles. The Hall–Kier alpha value is -1.59. The number of carboxylic acid groups (broad SMARTS) is 1. The minimum atomic E-state index is -0.743. The molecule has 2 aliphatic rings. The first kappa shape index (κ1) is 13.4. The van der Waals surface area contributed by atoms with Gasteiger partial charge in [0, 0.05) is 13.1 Å². The highest BCUT2D eigenvalue weighted by Crippen LogP contribution is 2.37. The Morgan fingerprint density at radius 2 is 1.90 bits per heavy atom. The van der Waals surface area contributed by atoms with Gasteiger partial charge in [-0.2, -0.15) is 4.98 Å². The predicted molar refractivity (Wildman–Crippen MR) is 72.7 cm³/mol. The molecule has 6 heteroatoms. The molecule has 2 heterocycles. The molecule has 0 radical (unpaired) electrons. The van der Waals surface area contributed by atoms with E-state index in [-0.39, 0.29) is 11.8 Å². The first-order valence-corrected chi connectivity index (χ1v) is 7.57. The number of carbonyl (C=O) groups is 1. The van der Waals surface area contributed by atoms with E-state index >= 15 is 0 Å². The van der Waals surface area contributed by atoms with Crippen LogP contribution in [0.2, 0.25) is 0 Å². The largest absolute Gasteiger partial charge is 0.481 e. The number of carboxylic acids is 1. The van der Waals surface area contributed by atoms with Crippen LogP contribution in [0.5, 0.6) is 0 Å². The summed E-state index contributed by atoms with van der Waals surface area (Å²) in [6.45, 7) is 1.93. The molecule has 1 aromatic heterocycles. The molecule has 0 spiro atoms. The molecule has 2 atom stereocenters. The van der Waals surface area contributed by atoms with Crippen LogP contribution in [-0.2, 0) is 4.79 Å². The first-order chi connectivity index (χ1) is 9.75. The van der Waals surface area contributed by atoms with E-state index in [1.54, 1.807) is 0 Å². The van der Waals surface area contributed by atoms with E-state index in [1.807, 2.05) is 0 Å². The third-order valence-corrected chi connectivity index (χ3v) is 4.47. The van der Waals surface area contributed by atoms with Gasteiger partial charge in [-0.3, -0.25) is 4.79 Å². The van der Waals surface area contributed by atoms with Crippen LogP contribution in [0.1, 0.15) is 56.8 Å². The maximum absolute atomic E-state index is 11.3. The number of hydrogen-bond donors (Lipinski definition) is 1. The summed E-state index contributed by atoms with van der Waals surface area (Å²) in [7, 11) is 0. The molecule has 3 rings (SSSR count). The van der Waals surface area contributed by atoms with Gasteiger partial charge in [0.2, 0.25) is 5.89 Å². The lowest BCUT2D eigenvalue weighted by Crippen LogP contribution is -2.30. The van der Waals surface area contributed by atoms with Gasteiger partial charge >= 0.3 is 5.97 Å². The Morgan fingerprint density at radius 3 is 2.65 bits per heavy atom. The van der Waals surface area contributed by atoms with E-state index in [0.29, 0.717) is 18.3 Å². The van der Waals surface area contributed by atoms with Crippen LogP contribution in [0.15, 0.2) is 4.52 Å². The maximum Gasteiger partial charge on any atom is 0.307 e. The van der Waals surface area contributed by atoms with Gasteiger partial charge in [0.05, 0.1) is 11.8 Å². The van der Waals surface area contributed by atoms with Crippen molar-refractivity contribution in [2.45, 2.75) is 50.9 Å². The quantitative estimate of drug-likeness (QED) is 0.915. The molecule has 0 bridgehead atoms. The molecule has 1 saturated heterocycles. The normalized spacial score (nSPS) is 27.5. The number of aromatic nitrogens is 2. The fourth-order valence-electron chi connectivity index (χ4n) is 3.32. The summed E-state index contributed by atoms with van der Waals surface area (Å²) < 4.78 is 5.37. The topological polar surface area (TPSA) is 79.5 Å². The minimum absolute atomic E-state index is 0.118. The average Bonchev–Trinajstić information content (AvgIpc) is 2.98. The lowest BCUT2D eigenvalue weighted by molar-refractivity contribution is -0.143. The second-order valence-electron chi connectivity index (χ2n) is 5.82. The van der Waals surface area contributed by atoms with Crippen molar-refractivity contribution >= 4 is 11.9 Å². The van der Waals surface area contributed by atoms with Gasteiger partial charge in [-0.1, -0.05) is 12.8 Å². The number of rotatable bonds is 3. The van der Waals surface area contributed by atoms with E-state index in [4.69, 9.17) is 4.52 Å². The Morgan fingerprint density at radius 1 is 1.15 bits per heavy atom. The third kappa shape index (κ3) is 2.64. The van der Waals surface area contributed by atoms with Crippen molar-refractivity contribution in [2.24, 2.45) is 5.92 Å². The van der Waals surface area contributed by atoms with Crippen LogP contribution in [0.4, 0.5) is 5.95 Å². The van der Waals surface area contributed by atoms with Crippen molar-refractivity contribution in [3.63, 3.8) is 0 Å². The molecule has 110 valence electrons. The zero-order valence-corrected chi connectivity index (χ0v) is 11.6. The van der Waals surface area contributed by atoms with Gasteiger partial charge < -0.3 is 14.5 Å². The lowest BCUT2D eigenvalue weighted by Gasteiger charge is -2.26. The zero-order valence-electron chi connectivity index (χ0n) is 11.6. The number of aliphatic carboxylic acids is 1. The Kier molecular flexibility index (Phi) is 3.89. The molecular weight excluding hydrogens is 258 g/mol. The highest BCUT2D eigenvalue weighted by atomic mass is 16.5. The van der Waals surface area contributed by atoms with E-state index < -0.39 is 5.97 Å². The minimum Gasteiger partial charge on any atom is -0.481 e. The number of anilines is 1. The molecule has 2 unspecified atom stereocenters. The predicted octanol–water partition coefficient (Wildman–Crippen LogP) is 2.42. The number of piperidine rings is 1. The molecular formula is C14H21N3O3. The lowest BCUT2D eigenvalue weighted by atomic mass is 9.79. The molecule has 1 aliphatic heterocycles. The van der Waals surface area contributed by atoms with Gasteiger partial charge in [-0.05, 0) is 37.3 Å². The summed E-state index contributed by atoms with van der Waals surface area (Å²) >= 11 is 0. The zero-order chi connectivity index (χ0) is 13.9. The van der Waals surface area contributed by atoms with E-state index in [2.05, 4.69) is 15.0 Å². The van der Waals surface area contributed by atoms with E-state index in [0.717, 1.165) is 45.2 Å². The maximum atomic E-state index is 11.3. The molecule has 6 nitrogen and oxygen atoms in total. The summed E-state index contributed by atoms with van der Waals surface area (Å²) in [6.07, 6.45) is 7.12. The van der Waals surface area contributed by atoms with Crippen molar-refractivity contribution in [3.05, 3.63) is 5.89 Å². The Labute approximate surface area is 118 Å². The summed E-state index contributed by atoms with van der Waals surface area (Å²) in [6, 6.07) is 0. The second kappa shape index (κ2) is 5.81. The van der Waals surface area contributed by atoms with Gasteiger partial charge in [-0.25, -0.2) is 0 Å². The monoisotopic (exact) mass is 279 g/mol. The third-order valence-electron chi connectivity index (χ3n) is 4.47. The van der Waals surface area contributed by atoms with Crippen LogP contribution < -0.4 is 4.90 Å². The van der Waals surface area contributed by atoms with Crippen molar-refractivity contribution in [3.8, 4) is 0 Å². The standard InChI is InChI=1S/C14H21N3O3/c18-13(19)11-7-3-2-6-10(11)12-15-14(16-20-12)17-8-4-1-5-9-17/h10-11H,1-9H2,(H,18,19). The van der Waals surface area contributed by atoms with Crippen LogP contribution in [-0.4, -0.2) is 34.3 Å². The van der Waals surface area contributed by atoms with Crippen molar-refractivity contribution in [1.29, 1.82) is 0 Å². The highest BCUT2D eigenvalue weighted by Gasteiger charge is 2.36. The van der Waals surface area contributed by atoms with Gasteiger partial charge in [0.15, 0.2) is 0 Å². The summed E-state index contributed by atoms with van der Waals surface area (Å²) in [5, 5.41) is 13.4. The SMILES string of the molecule is O=C(O)C1CCCCC1c1nc(N2CCCCC2)no1.